The Kier molecular flexibility index (Phi) is 5.16. The third-order valence-electron chi connectivity index (χ3n) is 5.24. The minimum atomic E-state index is -1.16. The highest BCUT2D eigenvalue weighted by Crippen LogP contribution is 2.24. The average molecular weight is 406 g/mol. The van der Waals surface area contributed by atoms with Crippen LogP contribution in [0.15, 0.2) is 54.9 Å². The van der Waals surface area contributed by atoms with Crippen molar-refractivity contribution >= 4 is 33.7 Å². The van der Waals surface area contributed by atoms with Crippen molar-refractivity contribution < 1.29 is 19.8 Å². The number of H-pyrrole nitrogens is 2. The van der Waals surface area contributed by atoms with E-state index < -0.39 is 24.0 Å². The van der Waals surface area contributed by atoms with E-state index in [-0.39, 0.29) is 18.6 Å². The number of benzene rings is 2. The van der Waals surface area contributed by atoms with Crippen LogP contribution >= 0.6 is 0 Å². The van der Waals surface area contributed by atoms with Gasteiger partial charge in [0.1, 0.15) is 11.8 Å². The fourth-order valence-electron chi connectivity index (χ4n) is 3.66. The fourth-order valence-corrected chi connectivity index (χ4v) is 3.66. The topological polar surface area (TPSA) is 144 Å². The van der Waals surface area contributed by atoms with E-state index in [1.54, 1.807) is 24.4 Å². The van der Waals surface area contributed by atoms with E-state index in [9.17, 15) is 19.8 Å². The standard InChI is InChI=1S/C22H22N4O4/c23-17(7-12-10-24-18-4-2-1-3-15(12)18)21(28)26-20(22(29)30)8-13-11-25-19-6-5-14(27)9-16(13)19/h1-6,9-11,17,20,24-25,27H,7-8,23H2,(H,26,28)(H,29,30)/t17-,20-/m0/s1. The number of aromatic hydroxyl groups is 1. The number of carbonyl (C=O) groups is 2. The predicted octanol–water partition coefficient (Wildman–Crippen LogP) is 2.04. The highest BCUT2D eigenvalue weighted by molar-refractivity contribution is 5.90. The fraction of sp³-hybridized carbons (Fsp3) is 0.182. The molecule has 154 valence electrons. The molecule has 7 N–H and O–H groups in total. The molecule has 1 amide bonds. The van der Waals surface area contributed by atoms with Crippen LogP contribution in [0.5, 0.6) is 5.75 Å². The highest BCUT2D eigenvalue weighted by atomic mass is 16.4. The summed E-state index contributed by atoms with van der Waals surface area (Å²) in [7, 11) is 0. The van der Waals surface area contributed by atoms with Crippen LogP contribution in [0.1, 0.15) is 11.1 Å². The van der Waals surface area contributed by atoms with Gasteiger partial charge in [-0.2, -0.15) is 0 Å². The summed E-state index contributed by atoms with van der Waals surface area (Å²) in [5, 5.41) is 23.6. The molecule has 0 fully saturated rings. The quantitative estimate of drug-likeness (QED) is 0.278. The maximum Gasteiger partial charge on any atom is 0.326 e. The molecule has 2 aromatic heterocycles. The number of hydrogen-bond acceptors (Lipinski definition) is 4. The second kappa shape index (κ2) is 7.92. The number of aromatic amines is 2. The first kappa shape index (κ1) is 19.5. The van der Waals surface area contributed by atoms with E-state index in [0.717, 1.165) is 22.0 Å². The zero-order chi connectivity index (χ0) is 21.3. The molecule has 0 radical (unpaired) electrons. The number of carboxylic acid groups (broad SMARTS) is 1. The number of phenols is 1. The van der Waals surface area contributed by atoms with Crippen LogP contribution in [0.4, 0.5) is 0 Å². The SMILES string of the molecule is N[C@@H](Cc1c[nH]c2ccccc12)C(=O)N[C@@H](Cc1c[nH]c2ccc(O)cc12)C(=O)O. The molecule has 4 aromatic rings. The number of aromatic nitrogens is 2. The lowest BCUT2D eigenvalue weighted by molar-refractivity contribution is -0.141. The second-order valence-electron chi connectivity index (χ2n) is 7.32. The van der Waals surface area contributed by atoms with Crippen molar-refractivity contribution in [2.45, 2.75) is 24.9 Å². The Morgan fingerprint density at radius 2 is 1.63 bits per heavy atom. The number of aliphatic carboxylic acids is 1. The van der Waals surface area contributed by atoms with Crippen LogP contribution in [-0.4, -0.2) is 44.1 Å². The van der Waals surface area contributed by atoms with E-state index in [1.165, 1.54) is 0 Å². The number of nitrogens with one attached hydrogen (secondary N) is 3. The van der Waals surface area contributed by atoms with Gasteiger partial charge >= 0.3 is 5.97 Å². The molecule has 2 atom stereocenters. The molecular formula is C22H22N4O4. The Morgan fingerprint density at radius 1 is 0.967 bits per heavy atom. The maximum atomic E-state index is 12.6. The van der Waals surface area contributed by atoms with E-state index in [2.05, 4.69) is 15.3 Å². The summed E-state index contributed by atoms with van der Waals surface area (Å²) in [5.74, 6) is -1.60. The van der Waals surface area contributed by atoms with Crippen molar-refractivity contribution in [2.75, 3.05) is 0 Å². The number of fused-ring (bicyclic) bond motifs is 2. The maximum absolute atomic E-state index is 12.6. The molecule has 0 aliphatic carbocycles. The Morgan fingerprint density at radius 3 is 2.37 bits per heavy atom. The molecule has 0 aliphatic heterocycles. The van der Waals surface area contributed by atoms with E-state index in [1.807, 2.05) is 30.5 Å². The molecule has 8 nitrogen and oxygen atoms in total. The molecular weight excluding hydrogens is 384 g/mol. The van der Waals surface area contributed by atoms with Crippen molar-refractivity contribution in [1.82, 2.24) is 15.3 Å². The molecule has 0 spiro atoms. The van der Waals surface area contributed by atoms with Gasteiger partial charge in [0.15, 0.2) is 0 Å². The lowest BCUT2D eigenvalue weighted by Gasteiger charge is -2.17. The first-order valence-corrected chi connectivity index (χ1v) is 9.55. The minimum Gasteiger partial charge on any atom is -0.508 e. The van der Waals surface area contributed by atoms with Crippen molar-refractivity contribution in [3.63, 3.8) is 0 Å². The number of phenolic OH excluding ortho intramolecular Hbond substituents is 1. The molecule has 0 bridgehead atoms. The van der Waals surface area contributed by atoms with Crippen molar-refractivity contribution in [3.05, 3.63) is 66.0 Å². The Hall–Kier alpha value is -3.78. The Labute approximate surface area is 171 Å². The summed E-state index contributed by atoms with van der Waals surface area (Å²) < 4.78 is 0. The highest BCUT2D eigenvalue weighted by Gasteiger charge is 2.25. The summed E-state index contributed by atoms with van der Waals surface area (Å²) in [6.07, 6.45) is 3.83. The van der Waals surface area contributed by atoms with Gasteiger partial charge in [-0.3, -0.25) is 4.79 Å². The van der Waals surface area contributed by atoms with Crippen LogP contribution < -0.4 is 11.1 Å². The van der Waals surface area contributed by atoms with Gasteiger partial charge in [0, 0.05) is 40.6 Å². The predicted molar refractivity (Wildman–Crippen MR) is 113 cm³/mol. The van der Waals surface area contributed by atoms with Crippen LogP contribution in [-0.2, 0) is 22.4 Å². The Balaban J connectivity index is 1.47. The number of para-hydroxylation sites is 1. The summed E-state index contributed by atoms with van der Waals surface area (Å²) in [6.45, 7) is 0. The van der Waals surface area contributed by atoms with E-state index in [0.29, 0.717) is 10.9 Å². The monoisotopic (exact) mass is 406 g/mol. The molecule has 8 heteroatoms. The van der Waals surface area contributed by atoms with Gasteiger partial charge in [-0.15, -0.1) is 0 Å². The normalized spacial score (nSPS) is 13.4. The first-order valence-electron chi connectivity index (χ1n) is 9.55. The van der Waals surface area contributed by atoms with Crippen molar-refractivity contribution in [3.8, 4) is 5.75 Å². The van der Waals surface area contributed by atoms with Crippen LogP contribution in [0.3, 0.4) is 0 Å². The molecule has 2 heterocycles. The minimum absolute atomic E-state index is 0.0599. The van der Waals surface area contributed by atoms with Crippen LogP contribution in [0.2, 0.25) is 0 Å². The van der Waals surface area contributed by atoms with E-state index >= 15 is 0 Å². The molecule has 0 saturated heterocycles. The second-order valence-corrected chi connectivity index (χ2v) is 7.32. The van der Waals surface area contributed by atoms with Gasteiger partial charge in [0.25, 0.3) is 0 Å². The first-order chi connectivity index (χ1) is 14.4. The van der Waals surface area contributed by atoms with Crippen LogP contribution in [0.25, 0.3) is 21.8 Å². The van der Waals surface area contributed by atoms with Crippen molar-refractivity contribution in [1.29, 1.82) is 0 Å². The molecule has 2 aromatic carbocycles. The molecule has 30 heavy (non-hydrogen) atoms. The molecule has 0 saturated carbocycles. The zero-order valence-electron chi connectivity index (χ0n) is 16.1. The van der Waals surface area contributed by atoms with Gasteiger partial charge < -0.3 is 31.2 Å². The molecule has 0 aliphatic rings. The van der Waals surface area contributed by atoms with E-state index in [4.69, 9.17) is 5.73 Å². The average Bonchev–Trinajstić information content (AvgIpc) is 3.31. The number of amides is 1. The third kappa shape index (κ3) is 3.85. The van der Waals surface area contributed by atoms with Gasteiger partial charge in [-0.25, -0.2) is 4.79 Å². The largest absolute Gasteiger partial charge is 0.508 e. The molecule has 4 rings (SSSR count). The number of hydrogen-bond donors (Lipinski definition) is 6. The van der Waals surface area contributed by atoms with Crippen LogP contribution in [0, 0.1) is 0 Å². The Bertz CT molecular complexity index is 1230. The van der Waals surface area contributed by atoms with Crippen molar-refractivity contribution in [2.24, 2.45) is 5.73 Å². The lowest BCUT2D eigenvalue weighted by Crippen LogP contribution is -2.50. The zero-order valence-corrected chi connectivity index (χ0v) is 16.1. The van der Waals surface area contributed by atoms with Gasteiger partial charge in [0.05, 0.1) is 6.04 Å². The smallest absolute Gasteiger partial charge is 0.326 e. The van der Waals surface area contributed by atoms with Gasteiger partial charge in [-0.05, 0) is 41.8 Å². The lowest BCUT2D eigenvalue weighted by atomic mass is 10.0. The number of carbonyl (C=O) groups excluding carboxylic acids is 1. The summed E-state index contributed by atoms with van der Waals surface area (Å²) >= 11 is 0. The number of nitrogens with two attached hydrogens (primary N) is 1. The summed E-state index contributed by atoms with van der Waals surface area (Å²) in [6, 6.07) is 10.5. The van der Waals surface area contributed by atoms with Gasteiger partial charge in [-0.1, -0.05) is 18.2 Å². The summed E-state index contributed by atoms with van der Waals surface area (Å²) in [4.78, 5) is 30.5. The summed E-state index contributed by atoms with van der Waals surface area (Å²) in [5.41, 5.74) is 9.37. The number of carboxylic acids is 1. The van der Waals surface area contributed by atoms with Gasteiger partial charge in [0.2, 0.25) is 5.91 Å². The third-order valence-corrected chi connectivity index (χ3v) is 5.24. The molecule has 0 unspecified atom stereocenters. The number of rotatable bonds is 7.